The summed E-state index contributed by atoms with van der Waals surface area (Å²) < 4.78 is 5.68. The first-order valence-corrected chi connectivity index (χ1v) is 11.6. The van der Waals surface area contributed by atoms with Crippen molar-refractivity contribution in [3.63, 3.8) is 0 Å². The number of rotatable bonds is 2. The van der Waals surface area contributed by atoms with Crippen LogP contribution in [0, 0.1) is 34.5 Å². The number of aromatic nitrogens is 1. The second-order valence-electron chi connectivity index (χ2n) is 11.4. The van der Waals surface area contributed by atoms with Crippen LogP contribution in [0.15, 0.2) is 10.6 Å². The average Bonchev–Trinajstić information content (AvgIpc) is 3.25. The van der Waals surface area contributed by atoms with Crippen LogP contribution < -0.4 is 0 Å². The highest BCUT2D eigenvalue weighted by atomic mass is 16.5. The molecule has 0 bridgehead atoms. The minimum Gasteiger partial charge on any atom is -0.390 e. The Morgan fingerprint density at radius 2 is 1.79 bits per heavy atom. The zero-order valence-corrected chi connectivity index (χ0v) is 17.8. The fourth-order valence-corrected chi connectivity index (χ4v) is 8.47. The number of aliphatic hydroxyl groups excluding tert-OH is 1. The van der Waals surface area contributed by atoms with Gasteiger partial charge in [-0.3, -0.25) is 0 Å². The van der Waals surface area contributed by atoms with E-state index in [1.54, 1.807) is 0 Å². The molecule has 156 valence electrons. The van der Waals surface area contributed by atoms with Crippen LogP contribution in [-0.4, -0.2) is 21.0 Å². The van der Waals surface area contributed by atoms with Crippen LogP contribution in [0.3, 0.4) is 0 Å². The molecular formula is C24H37NO3. The summed E-state index contributed by atoms with van der Waals surface area (Å²) in [5.41, 5.74) is 0.936. The van der Waals surface area contributed by atoms with Crippen LogP contribution in [-0.2, 0) is 6.61 Å². The predicted octanol–water partition coefficient (Wildman–Crippen LogP) is 5.04. The molecule has 1 unspecified atom stereocenters. The number of hydrogen-bond donors (Lipinski definition) is 2. The lowest BCUT2D eigenvalue weighted by Gasteiger charge is -2.61. The van der Waals surface area contributed by atoms with Gasteiger partial charge in [0.2, 0.25) is 0 Å². The van der Waals surface area contributed by atoms with E-state index in [2.05, 4.69) is 25.9 Å². The Bertz CT molecular complexity index is 742. The van der Waals surface area contributed by atoms with Crippen molar-refractivity contribution in [3.05, 3.63) is 17.5 Å². The summed E-state index contributed by atoms with van der Waals surface area (Å²) in [6.45, 7) is 7.08. The highest BCUT2D eigenvalue weighted by molar-refractivity contribution is 5.19. The number of fused-ring (bicyclic) bond motifs is 5. The van der Waals surface area contributed by atoms with E-state index in [9.17, 15) is 10.2 Å². The molecule has 4 fully saturated rings. The molecule has 4 heteroatoms. The molecule has 4 saturated carbocycles. The third kappa shape index (κ3) is 2.66. The molecule has 5 rings (SSSR count). The zero-order valence-electron chi connectivity index (χ0n) is 17.8. The first kappa shape index (κ1) is 19.1. The van der Waals surface area contributed by atoms with Gasteiger partial charge in [0.15, 0.2) is 0 Å². The monoisotopic (exact) mass is 387 g/mol. The summed E-state index contributed by atoms with van der Waals surface area (Å²) >= 11 is 0. The third-order valence-corrected chi connectivity index (χ3v) is 10.0. The van der Waals surface area contributed by atoms with E-state index in [1.807, 2.05) is 6.07 Å². The Kier molecular flexibility index (Phi) is 4.31. The Hall–Kier alpha value is -0.870. The van der Waals surface area contributed by atoms with Crippen LogP contribution in [0.1, 0.15) is 95.9 Å². The van der Waals surface area contributed by atoms with Crippen LogP contribution >= 0.6 is 0 Å². The van der Waals surface area contributed by atoms with Gasteiger partial charge in [0.1, 0.15) is 11.5 Å². The Morgan fingerprint density at radius 3 is 2.54 bits per heavy atom. The Morgan fingerprint density at radius 1 is 1.00 bits per heavy atom. The van der Waals surface area contributed by atoms with Crippen molar-refractivity contribution < 1.29 is 14.7 Å². The summed E-state index contributed by atoms with van der Waals surface area (Å²) in [5, 5.41) is 24.1. The van der Waals surface area contributed by atoms with Crippen LogP contribution in [0.5, 0.6) is 0 Å². The average molecular weight is 388 g/mol. The molecule has 4 aliphatic rings. The van der Waals surface area contributed by atoms with Crippen LogP contribution in [0.2, 0.25) is 0 Å². The SMILES string of the molecule is C[C@@]1(O)CC[C@@]2(C)[C@@H](CC[C@@H]3[C@@H]2CC[C@]2(C)C(c4cc(CO)no4)CC[C@@H]32)C1. The van der Waals surface area contributed by atoms with Gasteiger partial charge in [-0.2, -0.15) is 0 Å². The van der Waals surface area contributed by atoms with Crippen molar-refractivity contribution in [3.8, 4) is 0 Å². The molecule has 4 nitrogen and oxygen atoms in total. The molecule has 1 heterocycles. The van der Waals surface area contributed by atoms with Crippen molar-refractivity contribution in [2.75, 3.05) is 0 Å². The topological polar surface area (TPSA) is 66.5 Å². The molecule has 0 radical (unpaired) electrons. The number of hydrogen-bond acceptors (Lipinski definition) is 4. The van der Waals surface area contributed by atoms with Crippen molar-refractivity contribution in [1.29, 1.82) is 0 Å². The van der Waals surface area contributed by atoms with Gasteiger partial charge in [0.25, 0.3) is 0 Å². The molecule has 1 aromatic heterocycles. The third-order valence-electron chi connectivity index (χ3n) is 10.0. The normalized spacial score (nSPS) is 50.7. The quantitative estimate of drug-likeness (QED) is 0.746. The smallest absolute Gasteiger partial charge is 0.140 e. The molecule has 4 aliphatic carbocycles. The van der Waals surface area contributed by atoms with Gasteiger partial charge in [-0.15, -0.1) is 0 Å². The second kappa shape index (κ2) is 6.31. The van der Waals surface area contributed by atoms with Gasteiger partial charge in [-0.05, 0) is 99.2 Å². The second-order valence-corrected chi connectivity index (χ2v) is 11.4. The van der Waals surface area contributed by atoms with Gasteiger partial charge in [0, 0.05) is 12.0 Å². The van der Waals surface area contributed by atoms with Gasteiger partial charge in [0.05, 0.1) is 12.2 Å². The fourth-order valence-electron chi connectivity index (χ4n) is 8.47. The lowest BCUT2D eigenvalue weighted by atomic mass is 9.44. The van der Waals surface area contributed by atoms with Crippen molar-refractivity contribution in [1.82, 2.24) is 5.16 Å². The van der Waals surface area contributed by atoms with Crippen molar-refractivity contribution in [2.24, 2.45) is 34.5 Å². The van der Waals surface area contributed by atoms with Crippen LogP contribution in [0.4, 0.5) is 0 Å². The van der Waals surface area contributed by atoms with Gasteiger partial charge in [-0.1, -0.05) is 19.0 Å². The van der Waals surface area contributed by atoms with E-state index < -0.39 is 5.60 Å². The molecule has 8 atom stereocenters. The molecule has 0 saturated heterocycles. The minimum absolute atomic E-state index is 0.0371. The molecular weight excluding hydrogens is 350 g/mol. The summed E-state index contributed by atoms with van der Waals surface area (Å²) in [5.74, 6) is 4.57. The van der Waals surface area contributed by atoms with E-state index in [1.165, 1.54) is 44.9 Å². The minimum atomic E-state index is -0.449. The summed E-state index contributed by atoms with van der Waals surface area (Å²) in [6.07, 6.45) is 10.9. The lowest BCUT2D eigenvalue weighted by Crippen LogP contribution is -2.55. The predicted molar refractivity (Wildman–Crippen MR) is 108 cm³/mol. The molecule has 0 amide bonds. The summed E-state index contributed by atoms with van der Waals surface area (Å²) in [6, 6.07) is 1.99. The Balaban J connectivity index is 1.41. The number of aliphatic hydroxyl groups is 2. The molecule has 28 heavy (non-hydrogen) atoms. The first-order valence-electron chi connectivity index (χ1n) is 11.6. The van der Waals surface area contributed by atoms with E-state index in [-0.39, 0.29) is 6.61 Å². The summed E-state index contributed by atoms with van der Waals surface area (Å²) in [7, 11) is 0. The molecule has 0 aromatic carbocycles. The van der Waals surface area contributed by atoms with Gasteiger partial charge >= 0.3 is 0 Å². The molecule has 0 aliphatic heterocycles. The lowest BCUT2D eigenvalue weighted by molar-refractivity contribution is -0.144. The zero-order chi connectivity index (χ0) is 19.7. The van der Waals surface area contributed by atoms with E-state index in [0.29, 0.717) is 28.4 Å². The molecule has 0 spiro atoms. The summed E-state index contributed by atoms with van der Waals surface area (Å²) in [4.78, 5) is 0. The van der Waals surface area contributed by atoms with E-state index >= 15 is 0 Å². The maximum absolute atomic E-state index is 10.7. The fraction of sp³-hybridized carbons (Fsp3) is 0.875. The maximum atomic E-state index is 10.7. The highest BCUT2D eigenvalue weighted by Crippen LogP contribution is 2.69. The largest absolute Gasteiger partial charge is 0.390 e. The standard InChI is InChI=1S/C24H37NO3/c1-22(27)10-11-23(2)15(13-22)4-5-17-18-6-7-20(21-12-16(14-26)25-28-21)24(18,3)9-8-19(17)23/h12,15,17-20,26-27H,4-11,13-14H2,1-3H3/t15-,17-,18-,19-,20?,22+,23-,24-/m0/s1. The van der Waals surface area contributed by atoms with Crippen LogP contribution in [0.25, 0.3) is 0 Å². The first-order chi connectivity index (χ1) is 13.3. The molecule has 2 N–H and O–H groups in total. The van der Waals surface area contributed by atoms with Gasteiger partial charge < -0.3 is 14.7 Å². The highest BCUT2D eigenvalue weighted by Gasteiger charge is 2.61. The maximum Gasteiger partial charge on any atom is 0.140 e. The van der Waals surface area contributed by atoms with E-state index in [0.717, 1.165) is 36.4 Å². The van der Waals surface area contributed by atoms with Crippen molar-refractivity contribution in [2.45, 2.75) is 96.7 Å². The molecule has 1 aromatic rings. The van der Waals surface area contributed by atoms with E-state index in [4.69, 9.17) is 4.52 Å². The Labute approximate surface area is 169 Å². The van der Waals surface area contributed by atoms with Gasteiger partial charge in [-0.25, -0.2) is 0 Å². The number of nitrogens with zero attached hydrogens (tertiary/aromatic N) is 1. The van der Waals surface area contributed by atoms with Crippen molar-refractivity contribution >= 4 is 0 Å².